The lowest BCUT2D eigenvalue weighted by molar-refractivity contribution is -0.130. The van der Waals surface area contributed by atoms with Crippen LogP contribution >= 0.6 is 0 Å². The first kappa shape index (κ1) is 9.47. The van der Waals surface area contributed by atoms with E-state index < -0.39 is 0 Å². The number of carbonyl (C=O) groups excluding carboxylic acids is 1. The lowest BCUT2D eigenvalue weighted by Crippen LogP contribution is -2.36. The summed E-state index contributed by atoms with van der Waals surface area (Å²) in [5, 5.41) is 0. The molecule has 0 aromatic rings. The number of nitrogens with zero attached hydrogens (tertiary/aromatic N) is 1. The summed E-state index contributed by atoms with van der Waals surface area (Å²) < 4.78 is 0. The topological polar surface area (TPSA) is 20.3 Å². The fraction of sp³-hybridized carbons (Fsp3) is 0.875. The summed E-state index contributed by atoms with van der Waals surface area (Å²) in [4.78, 5) is 12.6. The molecule has 0 spiro atoms. The van der Waals surface area contributed by atoms with Gasteiger partial charge in [-0.3, -0.25) is 4.79 Å². The maximum atomic E-state index is 10.8. The highest BCUT2D eigenvalue weighted by molar-refractivity contribution is 5.73. The maximum Gasteiger partial charge on any atom is 0.219 e. The highest BCUT2D eigenvalue weighted by Gasteiger charge is 2.14. The van der Waals surface area contributed by atoms with E-state index in [4.69, 9.17) is 0 Å². The van der Waals surface area contributed by atoms with Crippen molar-refractivity contribution in [3.8, 4) is 0 Å². The predicted octanol–water partition coefficient (Wildman–Crippen LogP) is 1.51. The van der Waals surface area contributed by atoms with E-state index in [-0.39, 0.29) is 5.91 Å². The molecular formula is C8H17NO. The third kappa shape index (κ3) is 2.38. The summed E-state index contributed by atoms with van der Waals surface area (Å²) in [6.45, 7) is 7.89. The zero-order chi connectivity index (χ0) is 8.31. The quantitative estimate of drug-likeness (QED) is 0.573. The van der Waals surface area contributed by atoms with Crippen molar-refractivity contribution in [2.24, 2.45) is 5.92 Å². The van der Waals surface area contributed by atoms with Gasteiger partial charge >= 0.3 is 0 Å². The second-order valence-electron chi connectivity index (χ2n) is 3.11. The van der Waals surface area contributed by atoms with Crippen LogP contribution in [0.5, 0.6) is 0 Å². The Balaban J connectivity index is 3.94. The Kier molecular flexibility index (Phi) is 3.40. The molecule has 60 valence electrons. The normalized spacial score (nSPS) is 13.4. The molecule has 0 radical (unpaired) electrons. The minimum atomic E-state index is 0.140. The molecule has 0 fully saturated rings. The first-order chi connectivity index (χ1) is 4.46. The molecule has 1 atom stereocenters. The molecule has 0 aromatic heterocycles. The molecule has 0 unspecified atom stereocenters. The number of rotatable bonds is 2. The molecule has 0 aliphatic heterocycles. The summed E-state index contributed by atoms with van der Waals surface area (Å²) in [7, 11) is 1.84. The van der Waals surface area contributed by atoms with Crippen molar-refractivity contribution in [3.05, 3.63) is 0 Å². The Morgan fingerprint density at radius 2 is 1.70 bits per heavy atom. The van der Waals surface area contributed by atoms with Gasteiger partial charge in [0.25, 0.3) is 0 Å². The van der Waals surface area contributed by atoms with Gasteiger partial charge in [0.05, 0.1) is 0 Å². The third-order valence-corrected chi connectivity index (χ3v) is 2.07. The molecule has 0 saturated carbocycles. The maximum absolute atomic E-state index is 10.8. The van der Waals surface area contributed by atoms with Crippen LogP contribution in [0.3, 0.4) is 0 Å². The molecule has 2 heteroatoms. The molecule has 0 aromatic carbocycles. The van der Waals surface area contributed by atoms with E-state index in [2.05, 4.69) is 20.8 Å². The van der Waals surface area contributed by atoms with Crippen LogP contribution in [0.25, 0.3) is 0 Å². The Bertz CT molecular complexity index is 120. The first-order valence-corrected chi connectivity index (χ1v) is 3.70. The van der Waals surface area contributed by atoms with E-state index >= 15 is 0 Å². The lowest BCUT2D eigenvalue weighted by atomic mass is 10.1. The predicted molar refractivity (Wildman–Crippen MR) is 42.7 cm³/mol. The summed E-state index contributed by atoms with van der Waals surface area (Å²) >= 11 is 0. The van der Waals surface area contributed by atoms with Crippen molar-refractivity contribution in [3.63, 3.8) is 0 Å². The third-order valence-electron chi connectivity index (χ3n) is 2.07. The van der Waals surface area contributed by atoms with Crippen LogP contribution in [0.4, 0.5) is 0 Å². The number of hydrogen-bond donors (Lipinski definition) is 0. The van der Waals surface area contributed by atoms with Crippen LogP contribution in [0.15, 0.2) is 0 Å². The standard InChI is InChI=1S/C8H17NO/c1-6(2)7(3)9(5)8(4)10/h6-7H,1-5H3/t7-/m1/s1. The molecule has 0 aliphatic carbocycles. The van der Waals surface area contributed by atoms with Crippen LogP contribution in [0.2, 0.25) is 0 Å². The molecular weight excluding hydrogens is 126 g/mol. The molecule has 2 nitrogen and oxygen atoms in total. The highest BCUT2D eigenvalue weighted by Crippen LogP contribution is 2.07. The zero-order valence-corrected chi connectivity index (χ0v) is 7.51. The Morgan fingerprint density at radius 3 is 1.80 bits per heavy atom. The minimum Gasteiger partial charge on any atom is -0.343 e. The minimum absolute atomic E-state index is 0.140. The van der Waals surface area contributed by atoms with Gasteiger partial charge in [0.15, 0.2) is 0 Å². The van der Waals surface area contributed by atoms with Gasteiger partial charge in [-0.25, -0.2) is 0 Å². The largest absolute Gasteiger partial charge is 0.343 e. The van der Waals surface area contributed by atoms with Crippen molar-refractivity contribution in [1.82, 2.24) is 4.90 Å². The van der Waals surface area contributed by atoms with Crippen molar-refractivity contribution in [2.45, 2.75) is 33.7 Å². The van der Waals surface area contributed by atoms with Gasteiger partial charge < -0.3 is 4.90 Å². The molecule has 0 rings (SSSR count). The van der Waals surface area contributed by atoms with Crippen LogP contribution in [0.1, 0.15) is 27.7 Å². The fourth-order valence-electron chi connectivity index (χ4n) is 0.734. The molecule has 0 aliphatic rings. The lowest BCUT2D eigenvalue weighted by Gasteiger charge is -2.26. The van der Waals surface area contributed by atoms with Gasteiger partial charge in [-0.05, 0) is 12.8 Å². The Morgan fingerprint density at radius 1 is 1.30 bits per heavy atom. The molecule has 0 bridgehead atoms. The Hall–Kier alpha value is -0.530. The molecule has 0 saturated heterocycles. The van der Waals surface area contributed by atoms with Gasteiger partial charge in [-0.1, -0.05) is 13.8 Å². The van der Waals surface area contributed by atoms with Gasteiger partial charge in [-0.15, -0.1) is 0 Å². The van der Waals surface area contributed by atoms with Crippen molar-refractivity contribution in [1.29, 1.82) is 0 Å². The van der Waals surface area contributed by atoms with Gasteiger partial charge in [-0.2, -0.15) is 0 Å². The van der Waals surface area contributed by atoms with Gasteiger partial charge in [0.1, 0.15) is 0 Å². The number of amides is 1. The van der Waals surface area contributed by atoms with Crippen LogP contribution < -0.4 is 0 Å². The van der Waals surface area contributed by atoms with E-state index in [0.717, 1.165) is 0 Å². The second-order valence-corrected chi connectivity index (χ2v) is 3.11. The average Bonchev–Trinajstić information content (AvgIpc) is 1.84. The smallest absolute Gasteiger partial charge is 0.219 e. The van der Waals surface area contributed by atoms with Crippen molar-refractivity contribution < 1.29 is 4.79 Å². The molecule has 0 heterocycles. The number of hydrogen-bond acceptors (Lipinski definition) is 1. The zero-order valence-electron chi connectivity index (χ0n) is 7.51. The summed E-state index contributed by atoms with van der Waals surface area (Å²) in [6.07, 6.45) is 0. The van der Waals surface area contributed by atoms with E-state index in [1.165, 1.54) is 0 Å². The van der Waals surface area contributed by atoms with Crippen LogP contribution in [0, 0.1) is 5.92 Å². The second kappa shape index (κ2) is 3.59. The molecule has 10 heavy (non-hydrogen) atoms. The van der Waals surface area contributed by atoms with E-state index in [1.54, 1.807) is 11.8 Å². The SMILES string of the molecule is CC(=O)N(C)[C@H](C)C(C)C. The van der Waals surface area contributed by atoms with Crippen LogP contribution in [-0.2, 0) is 4.79 Å². The first-order valence-electron chi connectivity index (χ1n) is 3.70. The van der Waals surface area contributed by atoms with E-state index in [9.17, 15) is 4.79 Å². The fourth-order valence-corrected chi connectivity index (χ4v) is 0.734. The van der Waals surface area contributed by atoms with Gasteiger partial charge in [0.2, 0.25) is 5.91 Å². The van der Waals surface area contributed by atoms with Crippen LogP contribution in [-0.4, -0.2) is 23.9 Å². The summed E-state index contributed by atoms with van der Waals surface area (Å²) in [5.74, 6) is 0.676. The van der Waals surface area contributed by atoms with E-state index in [0.29, 0.717) is 12.0 Å². The monoisotopic (exact) mass is 143 g/mol. The van der Waals surface area contributed by atoms with Crippen molar-refractivity contribution >= 4 is 5.91 Å². The highest BCUT2D eigenvalue weighted by atomic mass is 16.2. The van der Waals surface area contributed by atoms with Gasteiger partial charge in [0, 0.05) is 20.0 Å². The number of carbonyl (C=O) groups is 1. The molecule has 1 amide bonds. The molecule has 0 N–H and O–H groups in total. The Labute approximate surface area is 63.2 Å². The summed E-state index contributed by atoms with van der Waals surface area (Å²) in [5.41, 5.74) is 0. The summed E-state index contributed by atoms with van der Waals surface area (Å²) in [6, 6.07) is 0.345. The average molecular weight is 143 g/mol. The van der Waals surface area contributed by atoms with E-state index in [1.807, 2.05) is 7.05 Å². The van der Waals surface area contributed by atoms with Crippen molar-refractivity contribution in [2.75, 3.05) is 7.05 Å².